The zero-order valence-electron chi connectivity index (χ0n) is 8.82. The van der Waals surface area contributed by atoms with Gasteiger partial charge in [-0.05, 0) is 25.3 Å². The zero-order chi connectivity index (χ0) is 10.9. The van der Waals surface area contributed by atoms with E-state index in [1.807, 2.05) is 24.3 Å². The highest BCUT2D eigenvalue weighted by atomic mass is 16.5. The first-order valence-corrected chi connectivity index (χ1v) is 5.19. The second-order valence-electron chi connectivity index (χ2n) is 3.32. The lowest BCUT2D eigenvalue weighted by atomic mass is 10.1. The van der Waals surface area contributed by atoms with Gasteiger partial charge in [-0.15, -0.1) is 0 Å². The quantitative estimate of drug-likeness (QED) is 0.509. The largest absolute Gasteiger partial charge is 0.428 e. The topological polar surface area (TPSA) is 26.3 Å². The molecule has 0 aliphatic heterocycles. The fourth-order valence-corrected chi connectivity index (χ4v) is 1.30. The Morgan fingerprint density at radius 1 is 1.33 bits per heavy atom. The first-order valence-electron chi connectivity index (χ1n) is 5.19. The maximum Gasteiger partial charge on any atom is 0.335 e. The summed E-state index contributed by atoms with van der Waals surface area (Å²) in [5, 5.41) is 0. The molecule has 0 fully saturated rings. The summed E-state index contributed by atoms with van der Waals surface area (Å²) < 4.78 is 5.10. The summed E-state index contributed by atoms with van der Waals surface area (Å²) >= 11 is 0. The van der Waals surface area contributed by atoms with Crippen molar-refractivity contribution in [2.75, 3.05) is 0 Å². The van der Waals surface area contributed by atoms with Crippen LogP contribution in [0.1, 0.15) is 25.7 Å². The van der Waals surface area contributed by atoms with E-state index in [4.69, 9.17) is 4.74 Å². The lowest BCUT2D eigenvalue weighted by Crippen LogP contribution is -2.00. The summed E-state index contributed by atoms with van der Waals surface area (Å²) in [6.07, 6.45) is 15.0. The normalized spacial score (nSPS) is 24.4. The smallest absolute Gasteiger partial charge is 0.335 e. The number of esters is 1. The Balaban J connectivity index is 2.61. The van der Waals surface area contributed by atoms with Crippen LogP contribution in [0.2, 0.25) is 0 Å². The van der Waals surface area contributed by atoms with E-state index in [0.717, 1.165) is 25.7 Å². The molecule has 2 nitrogen and oxygen atoms in total. The standard InChI is InChI=1S/C13H16O2/c1-2-13(14)15-12-10-8-6-4-3-5-7-9-11-12/h2-4,6,8,10H,1,5,7,9,11H2/b4-3-,8-6+,12-10-. The van der Waals surface area contributed by atoms with Gasteiger partial charge in [0.25, 0.3) is 0 Å². The molecule has 0 saturated carbocycles. The third kappa shape index (κ3) is 5.01. The number of allylic oxidation sites excluding steroid dienone is 6. The Morgan fingerprint density at radius 2 is 2.20 bits per heavy atom. The van der Waals surface area contributed by atoms with Crippen molar-refractivity contribution in [2.24, 2.45) is 0 Å². The van der Waals surface area contributed by atoms with Crippen LogP contribution < -0.4 is 0 Å². The minimum atomic E-state index is -0.387. The third-order valence-electron chi connectivity index (χ3n) is 2.08. The molecule has 0 atom stereocenters. The highest BCUT2D eigenvalue weighted by molar-refractivity contribution is 5.82. The maximum absolute atomic E-state index is 11.0. The minimum Gasteiger partial charge on any atom is -0.428 e. The Kier molecular flexibility index (Phi) is 5.23. The van der Waals surface area contributed by atoms with E-state index in [1.165, 1.54) is 6.08 Å². The van der Waals surface area contributed by atoms with Gasteiger partial charge in [0, 0.05) is 12.5 Å². The van der Waals surface area contributed by atoms with Crippen molar-refractivity contribution in [3.63, 3.8) is 0 Å². The molecule has 15 heavy (non-hydrogen) atoms. The van der Waals surface area contributed by atoms with E-state index in [0.29, 0.717) is 5.76 Å². The molecule has 0 heterocycles. The first kappa shape index (κ1) is 11.5. The van der Waals surface area contributed by atoms with Gasteiger partial charge in [0.05, 0.1) is 0 Å². The molecule has 0 amide bonds. The molecule has 2 heteroatoms. The van der Waals surface area contributed by atoms with Crippen LogP contribution in [0.5, 0.6) is 0 Å². The Morgan fingerprint density at radius 3 is 3.00 bits per heavy atom. The second-order valence-corrected chi connectivity index (χ2v) is 3.32. The SMILES string of the molecule is C=CC(=O)O\C1=C/C=C/C=C\CCCC1. The molecule has 0 spiro atoms. The monoisotopic (exact) mass is 204 g/mol. The highest BCUT2D eigenvalue weighted by Gasteiger charge is 2.02. The Hall–Kier alpha value is -1.57. The summed E-state index contributed by atoms with van der Waals surface area (Å²) in [4.78, 5) is 11.0. The molecular formula is C13H16O2. The highest BCUT2D eigenvalue weighted by Crippen LogP contribution is 2.12. The van der Waals surface area contributed by atoms with Crippen LogP contribution >= 0.6 is 0 Å². The first-order chi connectivity index (χ1) is 7.33. The van der Waals surface area contributed by atoms with Gasteiger partial charge in [-0.1, -0.05) is 30.9 Å². The molecule has 0 aromatic rings. The van der Waals surface area contributed by atoms with E-state index in [1.54, 1.807) is 0 Å². The fourth-order valence-electron chi connectivity index (χ4n) is 1.30. The average Bonchev–Trinajstić information content (AvgIpc) is 2.27. The molecule has 0 aromatic heterocycles. The predicted molar refractivity (Wildman–Crippen MR) is 61.1 cm³/mol. The number of rotatable bonds is 2. The Bertz CT molecular complexity index is 308. The average molecular weight is 204 g/mol. The van der Waals surface area contributed by atoms with Crippen LogP contribution in [-0.4, -0.2) is 5.97 Å². The van der Waals surface area contributed by atoms with Gasteiger partial charge in [0.1, 0.15) is 5.76 Å². The van der Waals surface area contributed by atoms with Crippen molar-refractivity contribution in [3.8, 4) is 0 Å². The summed E-state index contributed by atoms with van der Waals surface area (Å²) in [5.41, 5.74) is 0. The van der Waals surface area contributed by atoms with Gasteiger partial charge in [-0.25, -0.2) is 4.79 Å². The molecule has 0 radical (unpaired) electrons. The van der Waals surface area contributed by atoms with E-state index < -0.39 is 0 Å². The molecule has 80 valence electrons. The summed E-state index contributed by atoms with van der Waals surface area (Å²) in [7, 11) is 0. The van der Waals surface area contributed by atoms with E-state index >= 15 is 0 Å². The molecule has 0 aromatic carbocycles. The summed E-state index contributed by atoms with van der Waals surface area (Å²) in [6.45, 7) is 3.37. The van der Waals surface area contributed by atoms with Gasteiger partial charge in [0.2, 0.25) is 0 Å². The lowest BCUT2D eigenvalue weighted by molar-refractivity contribution is -0.134. The number of hydrogen-bond donors (Lipinski definition) is 0. The van der Waals surface area contributed by atoms with E-state index in [2.05, 4.69) is 12.7 Å². The van der Waals surface area contributed by atoms with Crippen LogP contribution in [0.25, 0.3) is 0 Å². The number of carbonyl (C=O) groups excluding carboxylic acids is 1. The molecule has 1 rings (SSSR count). The van der Waals surface area contributed by atoms with E-state index in [-0.39, 0.29) is 5.97 Å². The van der Waals surface area contributed by atoms with Gasteiger partial charge in [-0.3, -0.25) is 0 Å². The number of ether oxygens (including phenoxy) is 1. The van der Waals surface area contributed by atoms with Crippen molar-refractivity contribution in [3.05, 3.63) is 48.8 Å². The number of hydrogen-bond acceptors (Lipinski definition) is 2. The third-order valence-corrected chi connectivity index (χ3v) is 2.08. The molecule has 0 unspecified atom stereocenters. The van der Waals surface area contributed by atoms with Crippen LogP contribution in [-0.2, 0) is 9.53 Å². The molecule has 0 saturated heterocycles. The van der Waals surface area contributed by atoms with Crippen molar-refractivity contribution in [1.82, 2.24) is 0 Å². The van der Waals surface area contributed by atoms with Gasteiger partial charge < -0.3 is 4.74 Å². The van der Waals surface area contributed by atoms with Crippen LogP contribution in [0, 0.1) is 0 Å². The molecule has 1 aliphatic rings. The van der Waals surface area contributed by atoms with Crippen molar-refractivity contribution >= 4 is 5.97 Å². The lowest BCUT2D eigenvalue weighted by Gasteiger charge is -2.06. The molecule has 1 aliphatic carbocycles. The minimum absolute atomic E-state index is 0.387. The molecular weight excluding hydrogens is 188 g/mol. The van der Waals surface area contributed by atoms with Gasteiger partial charge >= 0.3 is 5.97 Å². The Labute approximate surface area is 90.6 Å². The predicted octanol–water partition coefficient (Wildman–Crippen LogP) is 3.29. The van der Waals surface area contributed by atoms with E-state index in [9.17, 15) is 4.79 Å². The molecule has 0 N–H and O–H groups in total. The molecule has 0 bridgehead atoms. The second kappa shape index (κ2) is 6.82. The van der Waals surface area contributed by atoms with Crippen LogP contribution in [0.15, 0.2) is 48.8 Å². The van der Waals surface area contributed by atoms with Crippen molar-refractivity contribution < 1.29 is 9.53 Å². The summed E-state index contributed by atoms with van der Waals surface area (Å²) in [6, 6.07) is 0. The van der Waals surface area contributed by atoms with Gasteiger partial charge in [0.15, 0.2) is 0 Å². The zero-order valence-corrected chi connectivity index (χ0v) is 8.82. The maximum atomic E-state index is 11.0. The fraction of sp³-hybridized carbons (Fsp3) is 0.308. The van der Waals surface area contributed by atoms with Crippen molar-refractivity contribution in [1.29, 1.82) is 0 Å². The van der Waals surface area contributed by atoms with Crippen molar-refractivity contribution in [2.45, 2.75) is 25.7 Å². The number of carbonyl (C=O) groups is 1. The van der Waals surface area contributed by atoms with Crippen LogP contribution in [0.4, 0.5) is 0 Å². The van der Waals surface area contributed by atoms with Crippen LogP contribution in [0.3, 0.4) is 0 Å². The van der Waals surface area contributed by atoms with Gasteiger partial charge in [-0.2, -0.15) is 0 Å². The summed E-state index contributed by atoms with van der Waals surface area (Å²) in [5.74, 6) is 0.328.